The normalized spacial score (nSPS) is 10.8. The van der Waals surface area contributed by atoms with Crippen LogP contribution in [0.2, 0.25) is 0 Å². The van der Waals surface area contributed by atoms with Gasteiger partial charge in [0.25, 0.3) is 5.89 Å². The highest BCUT2D eigenvalue weighted by Crippen LogP contribution is 2.28. The van der Waals surface area contributed by atoms with Gasteiger partial charge in [-0.15, -0.1) is 0 Å². The third-order valence-corrected chi connectivity index (χ3v) is 3.54. The molecule has 0 aliphatic heterocycles. The molecule has 2 aromatic carbocycles. The van der Waals surface area contributed by atoms with E-state index in [9.17, 15) is 8.78 Å². The summed E-state index contributed by atoms with van der Waals surface area (Å²) in [6.45, 7) is 0. The summed E-state index contributed by atoms with van der Waals surface area (Å²) in [7, 11) is 0. The van der Waals surface area contributed by atoms with Gasteiger partial charge in [-0.1, -0.05) is 5.16 Å². The van der Waals surface area contributed by atoms with Crippen LogP contribution in [0, 0.1) is 11.6 Å². The van der Waals surface area contributed by atoms with E-state index in [0.29, 0.717) is 21.3 Å². The summed E-state index contributed by atoms with van der Waals surface area (Å²) in [6.07, 6.45) is 0. The predicted octanol–water partition coefficient (Wildman–Crippen LogP) is 4.03. The van der Waals surface area contributed by atoms with E-state index in [-0.39, 0.29) is 11.7 Å². The molecule has 3 aromatic rings. The zero-order valence-electron chi connectivity index (χ0n) is 10.5. The average Bonchev–Trinajstić information content (AvgIpc) is 2.94. The molecular weight excluding hydrogens is 344 g/mol. The van der Waals surface area contributed by atoms with Gasteiger partial charge in [0, 0.05) is 21.3 Å². The molecule has 2 N–H and O–H groups in total. The highest BCUT2D eigenvalue weighted by Gasteiger charge is 2.13. The maximum atomic E-state index is 13.2. The second-order valence-corrected chi connectivity index (χ2v) is 5.14. The Labute approximate surface area is 126 Å². The molecule has 3 rings (SSSR count). The molecule has 0 fully saturated rings. The molecule has 106 valence electrons. The van der Waals surface area contributed by atoms with E-state index in [1.54, 1.807) is 18.2 Å². The maximum Gasteiger partial charge on any atom is 0.258 e. The van der Waals surface area contributed by atoms with Crippen LogP contribution in [0.15, 0.2) is 45.4 Å². The van der Waals surface area contributed by atoms with Gasteiger partial charge in [-0.2, -0.15) is 4.98 Å². The van der Waals surface area contributed by atoms with Crippen LogP contribution in [0.4, 0.5) is 14.5 Å². The Kier molecular flexibility index (Phi) is 3.42. The first-order chi connectivity index (χ1) is 10.0. The lowest BCUT2D eigenvalue weighted by Gasteiger charge is -1.99. The number of halogens is 3. The van der Waals surface area contributed by atoms with E-state index in [4.69, 9.17) is 10.3 Å². The molecule has 0 atom stereocenters. The Morgan fingerprint density at radius 1 is 1.00 bits per heavy atom. The molecule has 4 nitrogen and oxygen atoms in total. The number of hydrogen-bond acceptors (Lipinski definition) is 4. The zero-order valence-corrected chi connectivity index (χ0v) is 12.1. The second kappa shape index (κ2) is 5.25. The predicted molar refractivity (Wildman–Crippen MR) is 77.2 cm³/mol. The second-order valence-electron chi connectivity index (χ2n) is 4.29. The number of rotatable bonds is 2. The molecule has 0 radical (unpaired) electrons. The van der Waals surface area contributed by atoms with Gasteiger partial charge in [0.1, 0.15) is 0 Å². The molecule has 0 bridgehead atoms. The fourth-order valence-corrected chi connectivity index (χ4v) is 2.13. The van der Waals surface area contributed by atoms with Gasteiger partial charge in [-0.3, -0.25) is 0 Å². The summed E-state index contributed by atoms with van der Waals surface area (Å²) in [4.78, 5) is 4.16. The first kappa shape index (κ1) is 13.7. The van der Waals surface area contributed by atoms with Crippen LogP contribution in [0.5, 0.6) is 0 Å². The first-order valence-electron chi connectivity index (χ1n) is 5.89. The molecule has 21 heavy (non-hydrogen) atoms. The molecule has 7 heteroatoms. The van der Waals surface area contributed by atoms with Gasteiger partial charge in [0.15, 0.2) is 11.6 Å². The number of anilines is 1. The van der Waals surface area contributed by atoms with Gasteiger partial charge in [-0.25, -0.2) is 8.78 Å². The maximum absolute atomic E-state index is 13.2. The number of benzene rings is 2. The van der Waals surface area contributed by atoms with E-state index in [0.717, 1.165) is 12.1 Å². The Balaban J connectivity index is 1.99. The van der Waals surface area contributed by atoms with Crippen molar-refractivity contribution in [3.8, 4) is 22.8 Å². The number of nitrogens with two attached hydrogens (primary N) is 1. The fraction of sp³-hybridized carbons (Fsp3) is 0. The standard InChI is InChI=1S/C14H8BrF2N3O/c15-9-5-8(2-4-12(9)18)14-19-13(20-21-14)7-1-3-10(16)11(17)6-7/h1-6H,18H2. The van der Waals surface area contributed by atoms with Crippen molar-refractivity contribution < 1.29 is 13.3 Å². The minimum atomic E-state index is -0.964. The fourth-order valence-electron chi connectivity index (χ4n) is 1.75. The molecule has 0 aliphatic rings. The number of nitrogens with zero attached hydrogens (tertiary/aromatic N) is 2. The average molecular weight is 352 g/mol. The van der Waals surface area contributed by atoms with E-state index in [1.807, 2.05) is 0 Å². The Bertz CT molecular complexity index is 754. The van der Waals surface area contributed by atoms with Gasteiger partial charge >= 0.3 is 0 Å². The zero-order chi connectivity index (χ0) is 15.0. The Morgan fingerprint density at radius 3 is 2.48 bits per heavy atom. The van der Waals surface area contributed by atoms with Gasteiger partial charge in [-0.05, 0) is 52.3 Å². The van der Waals surface area contributed by atoms with Gasteiger partial charge in [0.2, 0.25) is 5.82 Å². The third-order valence-electron chi connectivity index (χ3n) is 2.85. The molecule has 1 heterocycles. The lowest BCUT2D eigenvalue weighted by Crippen LogP contribution is -1.88. The SMILES string of the molecule is Nc1ccc(-c2nc(-c3ccc(F)c(F)c3)no2)cc1Br. The summed E-state index contributed by atoms with van der Waals surface area (Å²) in [5.41, 5.74) is 7.28. The highest BCUT2D eigenvalue weighted by atomic mass is 79.9. The minimum absolute atomic E-state index is 0.178. The van der Waals surface area contributed by atoms with E-state index in [2.05, 4.69) is 26.1 Å². The topological polar surface area (TPSA) is 64.9 Å². The Hall–Kier alpha value is -2.28. The lowest BCUT2D eigenvalue weighted by atomic mass is 10.2. The van der Waals surface area contributed by atoms with Crippen LogP contribution in [0.3, 0.4) is 0 Å². The molecule has 0 saturated heterocycles. The lowest BCUT2D eigenvalue weighted by molar-refractivity contribution is 0.432. The van der Waals surface area contributed by atoms with Gasteiger partial charge < -0.3 is 10.3 Å². The van der Waals surface area contributed by atoms with E-state index < -0.39 is 11.6 Å². The number of nitrogen functional groups attached to an aromatic ring is 1. The minimum Gasteiger partial charge on any atom is -0.398 e. The molecule has 0 spiro atoms. The molecule has 1 aromatic heterocycles. The first-order valence-corrected chi connectivity index (χ1v) is 6.68. The Morgan fingerprint density at radius 2 is 1.76 bits per heavy atom. The molecular formula is C14H8BrF2N3O. The van der Waals surface area contributed by atoms with Crippen molar-refractivity contribution in [2.75, 3.05) is 5.73 Å². The quantitative estimate of drug-likeness (QED) is 0.708. The van der Waals surface area contributed by atoms with Crippen molar-refractivity contribution in [2.45, 2.75) is 0 Å². The summed E-state index contributed by atoms with van der Waals surface area (Å²) >= 11 is 3.31. The van der Waals surface area contributed by atoms with Crippen LogP contribution in [-0.2, 0) is 0 Å². The molecule has 0 amide bonds. The van der Waals surface area contributed by atoms with Crippen molar-refractivity contribution in [1.29, 1.82) is 0 Å². The van der Waals surface area contributed by atoms with Crippen molar-refractivity contribution >= 4 is 21.6 Å². The van der Waals surface area contributed by atoms with Crippen molar-refractivity contribution in [3.63, 3.8) is 0 Å². The summed E-state index contributed by atoms with van der Waals surface area (Å²) in [6, 6.07) is 8.57. The highest BCUT2D eigenvalue weighted by molar-refractivity contribution is 9.10. The third kappa shape index (κ3) is 2.64. The summed E-state index contributed by atoms with van der Waals surface area (Å²) in [5.74, 6) is -1.45. The van der Waals surface area contributed by atoms with Crippen LogP contribution >= 0.6 is 15.9 Å². The summed E-state index contributed by atoms with van der Waals surface area (Å²) < 4.78 is 32.0. The van der Waals surface area contributed by atoms with Gasteiger partial charge in [0.05, 0.1) is 0 Å². The van der Waals surface area contributed by atoms with Crippen molar-refractivity contribution in [1.82, 2.24) is 10.1 Å². The van der Waals surface area contributed by atoms with Crippen LogP contribution in [0.25, 0.3) is 22.8 Å². The van der Waals surface area contributed by atoms with Crippen molar-refractivity contribution in [3.05, 3.63) is 52.5 Å². The number of aromatic nitrogens is 2. The molecule has 0 unspecified atom stereocenters. The largest absolute Gasteiger partial charge is 0.398 e. The summed E-state index contributed by atoms with van der Waals surface area (Å²) in [5, 5.41) is 3.76. The molecule has 0 saturated carbocycles. The van der Waals surface area contributed by atoms with Crippen LogP contribution < -0.4 is 5.73 Å². The molecule has 0 aliphatic carbocycles. The van der Waals surface area contributed by atoms with E-state index >= 15 is 0 Å². The van der Waals surface area contributed by atoms with Crippen LogP contribution in [0.1, 0.15) is 0 Å². The van der Waals surface area contributed by atoms with E-state index in [1.165, 1.54) is 6.07 Å². The smallest absolute Gasteiger partial charge is 0.258 e. The number of hydrogen-bond donors (Lipinski definition) is 1. The van der Waals surface area contributed by atoms with Crippen LogP contribution in [-0.4, -0.2) is 10.1 Å². The monoisotopic (exact) mass is 351 g/mol. The van der Waals surface area contributed by atoms with Crippen molar-refractivity contribution in [2.24, 2.45) is 0 Å².